The third kappa shape index (κ3) is 6.17. The molecule has 1 aliphatic heterocycles. The number of sulfonamides is 1. The van der Waals surface area contributed by atoms with E-state index in [0.29, 0.717) is 5.56 Å². The third-order valence-corrected chi connectivity index (χ3v) is 7.38. The first kappa shape index (κ1) is 26.8. The molecule has 198 valence electrons. The van der Waals surface area contributed by atoms with E-state index in [1.54, 1.807) is 6.07 Å². The zero-order valence-corrected chi connectivity index (χ0v) is 20.9. The van der Waals surface area contributed by atoms with Gasteiger partial charge in [-0.3, -0.25) is 4.72 Å². The summed E-state index contributed by atoms with van der Waals surface area (Å²) in [5.74, 6) is -2.13. The summed E-state index contributed by atoms with van der Waals surface area (Å²) in [6.07, 6.45) is -3.87. The highest BCUT2D eigenvalue weighted by molar-refractivity contribution is 7.88. The van der Waals surface area contributed by atoms with Gasteiger partial charge in [-0.25, -0.2) is 31.2 Å². The quantitative estimate of drug-likeness (QED) is 0.353. The van der Waals surface area contributed by atoms with Crippen LogP contribution in [0.4, 0.5) is 29.1 Å². The van der Waals surface area contributed by atoms with E-state index in [1.165, 1.54) is 39.5 Å². The molecule has 0 amide bonds. The molecule has 1 N–H and O–H groups in total. The van der Waals surface area contributed by atoms with Gasteiger partial charge in [0.05, 0.1) is 17.5 Å². The van der Waals surface area contributed by atoms with Gasteiger partial charge in [-0.1, -0.05) is 12.1 Å². The van der Waals surface area contributed by atoms with Crippen LogP contribution in [-0.4, -0.2) is 63.5 Å². The molecule has 1 aromatic heterocycles. The van der Waals surface area contributed by atoms with Crippen molar-refractivity contribution in [3.05, 3.63) is 60.2 Å². The zero-order chi connectivity index (χ0) is 27.0. The molecule has 0 spiro atoms. The van der Waals surface area contributed by atoms with Gasteiger partial charge < -0.3 is 4.90 Å². The lowest BCUT2D eigenvalue weighted by Gasteiger charge is -2.35. The molecule has 9 nitrogen and oxygen atoms in total. The maximum Gasteiger partial charge on any atom is 0.451 e. The number of alkyl halides is 3. The van der Waals surface area contributed by atoms with Gasteiger partial charge in [0.1, 0.15) is 11.6 Å². The number of aromatic nitrogens is 2. The topological polar surface area (TPSA) is 113 Å². The van der Waals surface area contributed by atoms with Gasteiger partial charge in [0.2, 0.25) is 26.7 Å². The van der Waals surface area contributed by atoms with Crippen molar-refractivity contribution in [2.45, 2.75) is 6.18 Å². The van der Waals surface area contributed by atoms with E-state index in [1.807, 2.05) is 0 Å². The van der Waals surface area contributed by atoms with Gasteiger partial charge >= 0.3 is 6.18 Å². The molecule has 1 aliphatic rings. The summed E-state index contributed by atoms with van der Waals surface area (Å²) in [5.41, 5.74) is 0.638. The van der Waals surface area contributed by atoms with Crippen LogP contribution in [0.2, 0.25) is 0 Å². The second kappa shape index (κ2) is 10.2. The van der Waals surface area contributed by atoms with Gasteiger partial charge in [-0.05, 0) is 42.0 Å². The van der Waals surface area contributed by atoms with Gasteiger partial charge in [-0.15, -0.1) is 0 Å². The van der Waals surface area contributed by atoms with Gasteiger partial charge in [0.15, 0.2) is 0 Å². The number of benzene rings is 2. The molecule has 3 aromatic rings. The number of hydrogen-bond acceptors (Lipinski definition) is 7. The lowest BCUT2D eigenvalue weighted by Crippen LogP contribution is -2.48. The number of halogens is 4. The minimum atomic E-state index is -4.92. The fourth-order valence-electron chi connectivity index (χ4n) is 3.97. The lowest BCUT2D eigenvalue weighted by atomic mass is 9.98. The number of anilines is 2. The van der Waals surface area contributed by atoms with E-state index in [-0.39, 0.29) is 54.5 Å². The highest BCUT2D eigenvalue weighted by Crippen LogP contribution is 2.41. The fraction of sp³-hybridized carbons (Fsp3) is 0.273. The minimum absolute atomic E-state index is 0.0216. The van der Waals surface area contributed by atoms with Crippen LogP contribution in [0.25, 0.3) is 22.4 Å². The number of rotatable bonds is 6. The normalized spacial score (nSPS) is 15.2. The van der Waals surface area contributed by atoms with Gasteiger partial charge in [0.25, 0.3) is 0 Å². The Balaban J connectivity index is 1.96. The van der Waals surface area contributed by atoms with Crippen LogP contribution in [-0.2, 0) is 27.1 Å². The molecule has 2 heterocycles. The Morgan fingerprint density at radius 3 is 2.16 bits per heavy atom. The monoisotopic (exact) mass is 559 g/mol. The van der Waals surface area contributed by atoms with Crippen molar-refractivity contribution >= 4 is 32.4 Å². The maximum absolute atomic E-state index is 13.9. The van der Waals surface area contributed by atoms with Crippen molar-refractivity contribution in [2.75, 3.05) is 42.1 Å². The molecule has 4 rings (SSSR count). The second-order valence-electron chi connectivity index (χ2n) is 8.20. The second-order valence-corrected chi connectivity index (χ2v) is 10.9. The molecule has 0 unspecified atom stereocenters. The van der Waals surface area contributed by atoms with E-state index >= 15 is 0 Å². The summed E-state index contributed by atoms with van der Waals surface area (Å²) in [6.45, 7) is 0.130. The van der Waals surface area contributed by atoms with Crippen LogP contribution in [0, 0.1) is 5.82 Å². The van der Waals surface area contributed by atoms with Crippen LogP contribution in [0.15, 0.2) is 48.5 Å². The van der Waals surface area contributed by atoms with Crippen molar-refractivity contribution < 1.29 is 34.4 Å². The first-order chi connectivity index (χ1) is 17.3. The number of hydrogen-bond donors (Lipinski definition) is 2. The zero-order valence-electron chi connectivity index (χ0n) is 19.2. The molecule has 0 saturated carbocycles. The van der Waals surface area contributed by atoms with E-state index in [4.69, 9.17) is 0 Å². The number of nitrogens with zero attached hydrogens (tertiary/aromatic N) is 4. The summed E-state index contributed by atoms with van der Waals surface area (Å²) in [7, 11) is -6.52. The van der Waals surface area contributed by atoms with Crippen LogP contribution >= 0.6 is 0 Å². The predicted molar refractivity (Wildman–Crippen MR) is 130 cm³/mol. The Hall–Kier alpha value is -3.30. The maximum atomic E-state index is 13.9. The van der Waals surface area contributed by atoms with Crippen LogP contribution in [0.1, 0.15) is 5.82 Å². The average molecular weight is 560 g/mol. The molecule has 2 aromatic carbocycles. The summed E-state index contributed by atoms with van der Waals surface area (Å²) < 4.78 is 105. The largest absolute Gasteiger partial charge is 0.451 e. The van der Waals surface area contributed by atoms with Crippen LogP contribution in [0.5, 0.6) is 0 Å². The minimum Gasteiger partial charge on any atom is -0.353 e. The van der Waals surface area contributed by atoms with E-state index < -0.39 is 38.7 Å². The summed E-state index contributed by atoms with van der Waals surface area (Å²) in [5, 5.41) is 0. The molecular formula is C22H21F4N5O4S2. The van der Waals surface area contributed by atoms with Gasteiger partial charge in [0, 0.05) is 37.4 Å². The van der Waals surface area contributed by atoms with Crippen molar-refractivity contribution in [2.24, 2.45) is 0 Å². The Labute approximate surface area is 211 Å². The van der Waals surface area contributed by atoms with Gasteiger partial charge in [-0.2, -0.15) is 17.5 Å². The summed E-state index contributed by atoms with van der Waals surface area (Å²) >= 11 is 0. The van der Waals surface area contributed by atoms with Crippen LogP contribution in [0.3, 0.4) is 0 Å². The lowest BCUT2D eigenvalue weighted by molar-refractivity contribution is -0.144. The smallest absolute Gasteiger partial charge is 0.353 e. The Morgan fingerprint density at radius 2 is 1.59 bits per heavy atom. The molecule has 1 saturated heterocycles. The number of thiol groups is 1. The van der Waals surface area contributed by atoms with E-state index in [9.17, 15) is 34.4 Å². The SMILES string of the molecule is CS(=O)(=O)N1CCN(c2nc(C(F)(F)F)nc(-c3ccc(F)cc3)c2-c2cccc(N[SH](=O)=O)c2)CC1. The first-order valence-electron chi connectivity index (χ1n) is 10.8. The summed E-state index contributed by atoms with van der Waals surface area (Å²) in [4.78, 5) is 9.15. The van der Waals surface area contributed by atoms with Crippen molar-refractivity contribution in [3.8, 4) is 22.4 Å². The highest BCUT2D eigenvalue weighted by atomic mass is 32.2. The highest BCUT2D eigenvalue weighted by Gasteiger charge is 2.38. The van der Waals surface area contributed by atoms with Crippen LogP contribution < -0.4 is 9.62 Å². The summed E-state index contributed by atoms with van der Waals surface area (Å²) in [6, 6.07) is 10.7. The molecular weight excluding hydrogens is 538 g/mol. The Kier molecular flexibility index (Phi) is 7.39. The number of nitrogens with one attached hydrogen (secondary N) is 1. The van der Waals surface area contributed by atoms with Crippen molar-refractivity contribution in [1.82, 2.24) is 14.3 Å². The molecule has 1 fully saturated rings. The molecule has 0 radical (unpaired) electrons. The van der Waals surface area contributed by atoms with Crippen molar-refractivity contribution in [1.29, 1.82) is 0 Å². The molecule has 0 bridgehead atoms. The predicted octanol–water partition coefficient (Wildman–Crippen LogP) is 2.99. The van der Waals surface area contributed by atoms with E-state index in [2.05, 4.69) is 14.7 Å². The van der Waals surface area contributed by atoms with E-state index in [0.717, 1.165) is 18.4 Å². The standard InChI is InChI=1S/C22H21F4N5O4S2/c1-37(34,35)31-11-9-30(10-12-31)20-18(15-3-2-4-17(13-15)29-36(32)33)19(14-5-7-16(23)8-6-14)27-21(28-20)22(24,25)26/h2-8,13,36H,9-12H2,1H3,(H,29,32,33). The Bertz CT molecular complexity index is 1480. The third-order valence-electron chi connectivity index (χ3n) is 5.64. The molecule has 37 heavy (non-hydrogen) atoms. The fourth-order valence-corrected chi connectivity index (χ4v) is 5.14. The average Bonchev–Trinajstić information content (AvgIpc) is 2.82. The Morgan fingerprint density at radius 1 is 0.946 bits per heavy atom. The number of piperazine rings is 1. The van der Waals surface area contributed by atoms with Crippen molar-refractivity contribution in [3.63, 3.8) is 0 Å². The molecule has 0 atom stereocenters. The first-order valence-corrected chi connectivity index (χ1v) is 13.8. The molecule has 15 heteroatoms. The molecule has 0 aliphatic carbocycles.